The standard InChI is InChI=1S/C17H34N2O.ClH/c1-5-6-11-20-16-12-15(17(16,2)3)19(4)13-14-7-9-18-10-8-14;/h14-16,18H,5-13H2,1-4H3;1H. The number of hydrogen-bond donors (Lipinski definition) is 1. The summed E-state index contributed by atoms with van der Waals surface area (Å²) in [6.07, 6.45) is 6.79. The van der Waals surface area contributed by atoms with Crippen LogP contribution >= 0.6 is 12.4 Å². The Bertz CT molecular complexity index is 293. The van der Waals surface area contributed by atoms with Crippen molar-refractivity contribution in [1.82, 2.24) is 10.2 Å². The molecule has 0 spiro atoms. The van der Waals surface area contributed by atoms with E-state index in [1.807, 2.05) is 0 Å². The summed E-state index contributed by atoms with van der Waals surface area (Å²) in [5.74, 6) is 0.886. The van der Waals surface area contributed by atoms with Gasteiger partial charge in [0.2, 0.25) is 0 Å². The predicted molar refractivity (Wildman–Crippen MR) is 92.3 cm³/mol. The van der Waals surface area contributed by atoms with E-state index in [-0.39, 0.29) is 12.4 Å². The van der Waals surface area contributed by atoms with Gasteiger partial charge in [0, 0.05) is 24.6 Å². The van der Waals surface area contributed by atoms with Crippen LogP contribution < -0.4 is 5.32 Å². The molecule has 2 fully saturated rings. The van der Waals surface area contributed by atoms with Crippen LogP contribution in [0.15, 0.2) is 0 Å². The van der Waals surface area contributed by atoms with E-state index in [4.69, 9.17) is 4.74 Å². The van der Waals surface area contributed by atoms with Crippen LogP contribution in [0, 0.1) is 11.3 Å². The molecule has 4 heteroatoms. The van der Waals surface area contributed by atoms with Gasteiger partial charge in [0.05, 0.1) is 6.10 Å². The third kappa shape index (κ3) is 4.82. The fourth-order valence-corrected chi connectivity index (χ4v) is 3.86. The zero-order valence-corrected chi connectivity index (χ0v) is 15.2. The van der Waals surface area contributed by atoms with Crippen LogP contribution in [0.4, 0.5) is 0 Å². The molecule has 0 aromatic heterocycles. The van der Waals surface area contributed by atoms with E-state index in [0.717, 1.165) is 12.5 Å². The van der Waals surface area contributed by atoms with Gasteiger partial charge in [-0.1, -0.05) is 27.2 Å². The molecule has 0 radical (unpaired) electrons. The third-order valence-corrected chi connectivity index (χ3v) is 5.48. The van der Waals surface area contributed by atoms with E-state index in [2.05, 4.69) is 38.0 Å². The fourth-order valence-electron chi connectivity index (χ4n) is 3.86. The quantitative estimate of drug-likeness (QED) is 0.729. The van der Waals surface area contributed by atoms with Crippen molar-refractivity contribution in [2.45, 2.75) is 65.0 Å². The first-order chi connectivity index (χ1) is 9.55. The molecule has 2 unspecified atom stereocenters. The van der Waals surface area contributed by atoms with Crippen molar-refractivity contribution in [2.75, 3.05) is 33.3 Å². The summed E-state index contributed by atoms with van der Waals surface area (Å²) < 4.78 is 6.07. The van der Waals surface area contributed by atoms with Gasteiger partial charge in [-0.3, -0.25) is 0 Å². The minimum absolute atomic E-state index is 0. The Hall–Kier alpha value is 0.170. The SMILES string of the molecule is CCCCOC1CC(N(C)CC2CCNCC2)C1(C)C.Cl. The van der Waals surface area contributed by atoms with Crippen molar-refractivity contribution in [1.29, 1.82) is 0 Å². The van der Waals surface area contributed by atoms with Crippen LogP contribution in [0.1, 0.15) is 52.9 Å². The van der Waals surface area contributed by atoms with Gasteiger partial charge < -0.3 is 15.0 Å². The lowest BCUT2D eigenvalue weighted by Gasteiger charge is -2.55. The van der Waals surface area contributed by atoms with Crippen LogP contribution in [-0.4, -0.2) is 50.3 Å². The molecule has 0 aromatic carbocycles. The number of halogens is 1. The molecule has 1 saturated carbocycles. The lowest BCUT2D eigenvalue weighted by Crippen LogP contribution is -2.62. The summed E-state index contributed by atoms with van der Waals surface area (Å²) in [5, 5.41) is 3.46. The van der Waals surface area contributed by atoms with Crippen molar-refractivity contribution in [3.8, 4) is 0 Å². The van der Waals surface area contributed by atoms with Crippen LogP contribution in [0.3, 0.4) is 0 Å². The lowest BCUT2D eigenvalue weighted by atomic mass is 9.63. The molecular formula is C17H35ClN2O. The van der Waals surface area contributed by atoms with E-state index >= 15 is 0 Å². The van der Waals surface area contributed by atoms with E-state index in [1.54, 1.807) is 0 Å². The maximum Gasteiger partial charge on any atom is 0.0656 e. The molecule has 126 valence electrons. The van der Waals surface area contributed by atoms with Gasteiger partial charge >= 0.3 is 0 Å². The first-order valence-corrected chi connectivity index (χ1v) is 8.58. The monoisotopic (exact) mass is 318 g/mol. The van der Waals surface area contributed by atoms with E-state index in [1.165, 1.54) is 51.7 Å². The molecule has 2 aliphatic rings. The number of rotatable bonds is 7. The zero-order chi connectivity index (χ0) is 14.6. The van der Waals surface area contributed by atoms with Gasteiger partial charge in [0.15, 0.2) is 0 Å². The molecule has 0 aromatic rings. The van der Waals surface area contributed by atoms with Crippen LogP contribution in [0.25, 0.3) is 0 Å². The first-order valence-electron chi connectivity index (χ1n) is 8.58. The zero-order valence-electron chi connectivity index (χ0n) is 14.4. The number of unbranched alkanes of at least 4 members (excludes halogenated alkanes) is 1. The van der Waals surface area contributed by atoms with Crippen molar-refractivity contribution in [3.05, 3.63) is 0 Å². The van der Waals surface area contributed by atoms with Gasteiger partial charge in [-0.2, -0.15) is 0 Å². The molecule has 0 amide bonds. The lowest BCUT2D eigenvalue weighted by molar-refractivity contribution is -0.150. The molecule has 1 aliphatic carbocycles. The largest absolute Gasteiger partial charge is 0.378 e. The summed E-state index contributed by atoms with van der Waals surface area (Å²) in [7, 11) is 2.32. The van der Waals surface area contributed by atoms with Crippen molar-refractivity contribution < 1.29 is 4.74 Å². The number of piperidine rings is 1. The van der Waals surface area contributed by atoms with Crippen LogP contribution in [-0.2, 0) is 4.74 Å². The summed E-state index contributed by atoms with van der Waals surface area (Å²) in [6.45, 7) is 11.6. The minimum atomic E-state index is 0. The Kier molecular flexibility index (Phi) is 7.97. The topological polar surface area (TPSA) is 24.5 Å². The highest BCUT2D eigenvalue weighted by atomic mass is 35.5. The van der Waals surface area contributed by atoms with Gasteiger partial charge in [-0.15, -0.1) is 12.4 Å². The van der Waals surface area contributed by atoms with E-state index in [0.29, 0.717) is 17.6 Å². The molecule has 1 saturated heterocycles. The predicted octanol–water partition coefficient (Wildman–Crippen LogP) is 3.32. The highest BCUT2D eigenvalue weighted by molar-refractivity contribution is 5.85. The number of hydrogen-bond acceptors (Lipinski definition) is 3. The van der Waals surface area contributed by atoms with Crippen molar-refractivity contribution in [3.63, 3.8) is 0 Å². The molecule has 0 bridgehead atoms. The second-order valence-corrected chi connectivity index (χ2v) is 7.42. The molecule has 21 heavy (non-hydrogen) atoms. The fraction of sp³-hybridized carbons (Fsp3) is 1.00. The van der Waals surface area contributed by atoms with E-state index in [9.17, 15) is 0 Å². The molecule has 2 atom stereocenters. The van der Waals surface area contributed by atoms with Crippen molar-refractivity contribution in [2.24, 2.45) is 11.3 Å². The highest BCUT2D eigenvalue weighted by Gasteiger charge is 2.50. The number of nitrogens with zero attached hydrogens (tertiary/aromatic N) is 1. The van der Waals surface area contributed by atoms with Gasteiger partial charge in [0.1, 0.15) is 0 Å². The molecule has 2 rings (SSSR count). The summed E-state index contributed by atoms with van der Waals surface area (Å²) in [5.41, 5.74) is 0.315. The summed E-state index contributed by atoms with van der Waals surface area (Å²) in [6, 6.07) is 0.698. The summed E-state index contributed by atoms with van der Waals surface area (Å²) >= 11 is 0. The van der Waals surface area contributed by atoms with Crippen LogP contribution in [0.2, 0.25) is 0 Å². The second-order valence-electron chi connectivity index (χ2n) is 7.42. The van der Waals surface area contributed by atoms with Crippen molar-refractivity contribution >= 4 is 12.4 Å². The Labute approximate surface area is 137 Å². The average Bonchev–Trinajstić information content (AvgIpc) is 2.43. The Balaban J connectivity index is 0.00000220. The average molecular weight is 319 g/mol. The molecular weight excluding hydrogens is 284 g/mol. The number of ether oxygens (including phenoxy) is 1. The number of nitrogens with one attached hydrogen (secondary N) is 1. The molecule has 1 N–H and O–H groups in total. The van der Waals surface area contributed by atoms with Crippen LogP contribution in [0.5, 0.6) is 0 Å². The smallest absolute Gasteiger partial charge is 0.0656 e. The summed E-state index contributed by atoms with van der Waals surface area (Å²) in [4.78, 5) is 2.61. The van der Waals surface area contributed by atoms with E-state index < -0.39 is 0 Å². The first kappa shape index (κ1) is 19.2. The Morgan fingerprint density at radius 3 is 2.48 bits per heavy atom. The molecule has 1 heterocycles. The maximum atomic E-state index is 6.07. The minimum Gasteiger partial charge on any atom is -0.378 e. The molecule has 3 nitrogen and oxygen atoms in total. The van der Waals surface area contributed by atoms with Gasteiger partial charge in [0.25, 0.3) is 0 Å². The third-order valence-electron chi connectivity index (χ3n) is 5.48. The maximum absolute atomic E-state index is 6.07. The van der Waals surface area contributed by atoms with Gasteiger partial charge in [-0.05, 0) is 51.7 Å². The normalized spacial score (nSPS) is 29.0. The van der Waals surface area contributed by atoms with Gasteiger partial charge in [-0.25, -0.2) is 0 Å². The highest BCUT2D eigenvalue weighted by Crippen LogP contribution is 2.45. The Morgan fingerprint density at radius 1 is 1.24 bits per heavy atom. The molecule has 1 aliphatic heterocycles. The second kappa shape index (κ2) is 8.71. The Morgan fingerprint density at radius 2 is 1.90 bits per heavy atom.